The number of nitrogens with one attached hydrogen (secondary N) is 1. The minimum atomic E-state index is -1.10. The van der Waals surface area contributed by atoms with Crippen molar-refractivity contribution in [1.82, 2.24) is 24.7 Å². The molecule has 11 heteroatoms. The van der Waals surface area contributed by atoms with Gasteiger partial charge in [-0.05, 0) is 50.1 Å². The van der Waals surface area contributed by atoms with Gasteiger partial charge in [0.2, 0.25) is 0 Å². The van der Waals surface area contributed by atoms with Gasteiger partial charge in [-0.15, -0.1) is 5.06 Å². The molecule has 2 unspecified atom stereocenters. The standard InChI is InChI=1S/C31H37N5O6/c1-5-25(41-18-17-34(4)31(40)42-36-27(37)13-14-28(36)38)8-6-7-23-9-11-24(12-10-23)20-32-30(39)26-15-16-35-22(3)19-21(2)33-29(26)35/h9-12,15-16,19,25,27,37H,5,8,13-14,17-18,20H2,1-4H3,(H,32,39). The molecular weight excluding hydrogens is 538 g/mol. The summed E-state index contributed by atoms with van der Waals surface area (Å²) in [6.07, 6.45) is 1.58. The van der Waals surface area contributed by atoms with Crippen LogP contribution in [0.2, 0.25) is 0 Å². The fourth-order valence-electron chi connectivity index (χ4n) is 4.50. The summed E-state index contributed by atoms with van der Waals surface area (Å²) in [7, 11) is 1.54. The molecule has 0 spiro atoms. The maximum atomic E-state index is 12.8. The number of hydroxylamine groups is 2. The van der Waals surface area contributed by atoms with E-state index in [4.69, 9.17) is 9.57 Å². The van der Waals surface area contributed by atoms with E-state index in [0.29, 0.717) is 24.2 Å². The lowest BCUT2D eigenvalue weighted by molar-refractivity contribution is -0.193. The lowest BCUT2D eigenvalue weighted by Gasteiger charge is -2.23. The molecule has 1 aliphatic heterocycles. The van der Waals surface area contributed by atoms with Gasteiger partial charge in [-0.2, -0.15) is 0 Å². The zero-order valence-electron chi connectivity index (χ0n) is 24.4. The summed E-state index contributed by atoms with van der Waals surface area (Å²) in [5.41, 5.74) is 4.89. The number of carbonyl (C=O) groups is 3. The number of rotatable bonds is 10. The van der Waals surface area contributed by atoms with Crippen LogP contribution in [0.3, 0.4) is 0 Å². The predicted octanol–water partition coefficient (Wildman–Crippen LogP) is 3.34. The van der Waals surface area contributed by atoms with Gasteiger partial charge in [0.1, 0.15) is 5.65 Å². The SMILES string of the molecule is CCC(CC#Cc1ccc(CNC(=O)c2ccn3c(C)cc(C)nc23)cc1)OCCN(C)C(=O)ON1C(=O)CCC1O. The summed E-state index contributed by atoms with van der Waals surface area (Å²) in [6, 6.07) is 11.5. The van der Waals surface area contributed by atoms with Crippen molar-refractivity contribution in [2.45, 2.75) is 65.3 Å². The Kier molecular flexibility index (Phi) is 10.2. The lowest BCUT2D eigenvalue weighted by atomic mass is 10.1. The number of nitrogens with zero attached hydrogens (tertiary/aromatic N) is 4. The molecule has 4 rings (SSSR count). The molecule has 11 nitrogen and oxygen atoms in total. The molecule has 1 fully saturated rings. The van der Waals surface area contributed by atoms with Crippen molar-refractivity contribution in [3.8, 4) is 11.8 Å². The van der Waals surface area contributed by atoms with Crippen molar-refractivity contribution in [2.75, 3.05) is 20.2 Å². The first-order valence-corrected chi connectivity index (χ1v) is 14.0. The molecule has 1 aromatic carbocycles. The third kappa shape index (κ3) is 7.66. The van der Waals surface area contributed by atoms with E-state index in [2.05, 4.69) is 22.1 Å². The third-order valence-corrected chi connectivity index (χ3v) is 7.01. The number of likely N-dealkylation sites (N-methyl/N-ethyl adjacent to an activating group) is 1. The predicted molar refractivity (Wildman–Crippen MR) is 155 cm³/mol. The second-order valence-corrected chi connectivity index (χ2v) is 10.3. The first kappa shape index (κ1) is 30.6. The minimum Gasteiger partial charge on any atom is -0.375 e. The van der Waals surface area contributed by atoms with Crippen molar-refractivity contribution in [1.29, 1.82) is 0 Å². The van der Waals surface area contributed by atoms with Crippen molar-refractivity contribution in [3.63, 3.8) is 0 Å². The molecule has 2 aromatic heterocycles. The number of aromatic nitrogens is 2. The van der Waals surface area contributed by atoms with Crippen LogP contribution in [0.5, 0.6) is 0 Å². The van der Waals surface area contributed by atoms with Crippen molar-refractivity contribution in [3.05, 3.63) is 70.7 Å². The van der Waals surface area contributed by atoms with Crippen LogP contribution in [-0.2, 0) is 20.9 Å². The Morgan fingerprint density at radius 2 is 2.00 bits per heavy atom. The number of ether oxygens (including phenoxy) is 1. The molecular formula is C31H37N5O6. The van der Waals surface area contributed by atoms with Gasteiger partial charge in [0.05, 0.1) is 18.3 Å². The van der Waals surface area contributed by atoms with E-state index in [0.717, 1.165) is 34.0 Å². The summed E-state index contributed by atoms with van der Waals surface area (Å²) in [5, 5.41) is 13.4. The Labute approximate surface area is 245 Å². The summed E-state index contributed by atoms with van der Waals surface area (Å²) in [6.45, 7) is 6.82. The summed E-state index contributed by atoms with van der Waals surface area (Å²) in [4.78, 5) is 47.5. The fourth-order valence-corrected chi connectivity index (χ4v) is 4.50. The first-order chi connectivity index (χ1) is 20.2. The quantitative estimate of drug-likeness (QED) is 0.355. The Morgan fingerprint density at radius 1 is 1.24 bits per heavy atom. The van der Waals surface area contributed by atoms with Crippen LogP contribution in [0.25, 0.3) is 5.65 Å². The number of amides is 3. The molecule has 42 heavy (non-hydrogen) atoms. The van der Waals surface area contributed by atoms with Crippen LogP contribution in [0.15, 0.2) is 42.6 Å². The summed E-state index contributed by atoms with van der Waals surface area (Å²) < 4.78 is 7.79. The highest BCUT2D eigenvalue weighted by atomic mass is 16.7. The average Bonchev–Trinajstić information content (AvgIpc) is 3.54. The van der Waals surface area contributed by atoms with Gasteiger partial charge < -0.3 is 29.3 Å². The van der Waals surface area contributed by atoms with Gasteiger partial charge in [0.25, 0.3) is 11.8 Å². The number of aliphatic hydroxyl groups excluding tert-OH is 1. The molecule has 0 bridgehead atoms. The molecule has 222 valence electrons. The van der Waals surface area contributed by atoms with Gasteiger partial charge >= 0.3 is 6.09 Å². The maximum absolute atomic E-state index is 12.8. The number of hydrogen-bond acceptors (Lipinski definition) is 7. The van der Waals surface area contributed by atoms with E-state index in [1.165, 1.54) is 11.9 Å². The molecule has 0 aliphatic carbocycles. The van der Waals surface area contributed by atoms with E-state index in [1.54, 1.807) is 6.07 Å². The van der Waals surface area contributed by atoms with Crippen LogP contribution in [0.1, 0.15) is 65.5 Å². The highest BCUT2D eigenvalue weighted by Gasteiger charge is 2.33. The number of hydrogen-bond donors (Lipinski definition) is 2. The zero-order valence-corrected chi connectivity index (χ0v) is 24.4. The van der Waals surface area contributed by atoms with Crippen LogP contribution in [-0.4, -0.2) is 74.9 Å². The molecule has 0 saturated carbocycles. The Morgan fingerprint density at radius 3 is 2.69 bits per heavy atom. The molecule has 1 saturated heterocycles. The molecule has 1 aliphatic rings. The summed E-state index contributed by atoms with van der Waals surface area (Å²) >= 11 is 0. The van der Waals surface area contributed by atoms with Crippen LogP contribution < -0.4 is 5.32 Å². The van der Waals surface area contributed by atoms with Crippen molar-refractivity contribution >= 4 is 23.6 Å². The van der Waals surface area contributed by atoms with E-state index < -0.39 is 18.2 Å². The maximum Gasteiger partial charge on any atom is 0.434 e. The van der Waals surface area contributed by atoms with E-state index in [9.17, 15) is 19.5 Å². The van der Waals surface area contributed by atoms with Crippen molar-refractivity contribution in [2.24, 2.45) is 0 Å². The Hall–Kier alpha value is -4.40. The van der Waals surface area contributed by atoms with Crippen LogP contribution >= 0.6 is 0 Å². The highest BCUT2D eigenvalue weighted by molar-refractivity contribution is 6.00. The van der Waals surface area contributed by atoms with E-state index in [1.807, 2.05) is 61.7 Å². The fraction of sp³-hybridized carbons (Fsp3) is 0.419. The number of aliphatic hydroxyl groups is 1. The number of carbonyl (C=O) groups excluding carboxylic acids is 3. The van der Waals surface area contributed by atoms with Gasteiger partial charge in [-0.3, -0.25) is 9.59 Å². The lowest BCUT2D eigenvalue weighted by Crippen LogP contribution is -2.41. The largest absolute Gasteiger partial charge is 0.434 e. The van der Waals surface area contributed by atoms with Gasteiger partial charge in [0, 0.05) is 62.5 Å². The Balaban J connectivity index is 1.20. The van der Waals surface area contributed by atoms with E-state index in [-0.39, 0.29) is 38.0 Å². The normalized spacial score (nSPS) is 15.3. The van der Waals surface area contributed by atoms with Gasteiger partial charge in [0.15, 0.2) is 6.23 Å². The van der Waals surface area contributed by atoms with Gasteiger partial charge in [-0.25, -0.2) is 9.78 Å². The molecule has 3 aromatic rings. The molecule has 0 radical (unpaired) electrons. The molecule has 2 N–H and O–H groups in total. The second-order valence-electron chi connectivity index (χ2n) is 10.3. The Bertz CT molecular complexity index is 1490. The second kappa shape index (κ2) is 14.0. The van der Waals surface area contributed by atoms with Crippen LogP contribution in [0.4, 0.5) is 4.79 Å². The van der Waals surface area contributed by atoms with Gasteiger partial charge in [-0.1, -0.05) is 30.9 Å². The third-order valence-electron chi connectivity index (χ3n) is 7.01. The van der Waals surface area contributed by atoms with Crippen LogP contribution in [0, 0.1) is 25.7 Å². The minimum absolute atomic E-state index is 0.106. The van der Waals surface area contributed by atoms with E-state index >= 15 is 0 Å². The molecule has 3 heterocycles. The molecule has 2 atom stereocenters. The number of fused-ring (bicyclic) bond motifs is 1. The van der Waals surface area contributed by atoms with Crippen molar-refractivity contribution < 1.29 is 29.1 Å². The zero-order chi connectivity index (χ0) is 30.2. The number of benzene rings is 1. The molecule has 3 amide bonds. The average molecular weight is 576 g/mol. The smallest absolute Gasteiger partial charge is 0.375 e. The summed E-state index contributed by atoms with van der Waals surface area (Å²) in [5.74, 6) is 5.71. The monoisotopic (exact) mass is 575 g/mol. The topological polar surface area (TPSA) is 126 Å². The number of aryl methyl sites for hydroxylation is 2. The first-order valence-electron chi connectivity index (χ1n) is 14.0. The highest BCUT2D eigenvalue weighted by Crippen LogP contribution is 2.17.